The molecule has 10 atom stereocenters. The van der Waals surface area contributed by atoms with Crippen LogP contribution in [0.3, 0.4) is 0 Å². The molecular weight excluding hydrogens is 1110 g/mol. The number of aromatic hydroxyl groups is 1. The molecule has 2 aliphatic carbocycles. The molecule has 1 aromatic heterocycles. The van der Waals surface area contributed by atoms with Crippen molar-refractivity contribution in [1.82, 2.24) is 20.1 Å². The van der Waals surface area contributed by atoms with Crippen LogP contribution in [0.15, 0.2) is 64.6 Å². The maximum absolute atomic E-state index is 16.3. The topological polar surface area (TPSA) is 279 Å². The SMILES string of the molecule is COc1c(N2CCC(NC(=O)C3CCN(C4=C5NC(=O)/C(C)=C\C=C\[C@H](C)[C@H](O)[C@@H](C)[C@@H](O)[C@@H](C)[C@H](OC(C)=O)C(C)[C@@H](OC)CC/C=C/O[C@@]6(C)Oc7c(C)c(O)c(c(c7C6=O)C4=O)C5=O)CC3)C2)c(F)cc2c(=O)c(C(C)=O)cn(C3CC3)c12. The van der Waals surface area contributed by atoms with Gasteiger partial charge < -0.3 is 64.0 Å². The highest BCUT2D eigenvalue weighted by Gasteiger charge is 2.53. The third-order valence-electron chi connectivity index (χ3n) is 18.2. The molecule has 2 saturated heterocycles. The van der Waals surface area contributed by atoms with Gasteiger partial charge >= 0.3 is 11.8 Å². The molecule has 5 N–H and O–H groups in total. The number of pyridine rings is 1. The Bertz CT molecular complexity index is 3480. The third kappa shape index (κ3) is 11.7. The van der Waals surface area contributed by atoms with Crippen LogP contribution in [-0.2, 0) is 28.6 Å². The van der Waals surface area contributed by atoms with E-state index in [1.54, 1.807) is 42.7 Å². The zero-order valence-electron chi connectivity index (χ0n) is 50.5. The second-order valence-corrected chi connectivity index (χ2v) is 24.1. The van der Waals surface area contributed by atoms with Gasteiger partial charge in [-0.25, -0.2) is 4.39 Å². The first-order valence-electron chi connectivity index (χ1n) is 29.5. The summed E-state index contributed by atoms with van der Waals surface area (Å²) in [7, 11) is 2.91. The summed E-state index contributed by atoms with van der Waals surface area (Å²) in [4.78, 5) is 115. The number of hydrogen-bond acceptors (Lipinski definition) is 18. The van der Waals surface area contributed by atoms with Gasteiger partial charge in [-0.05, 0) is 77.9 Å². The number of likely N-dealkylation sites (tertiary alicyclic amines) is 1. The number of aliphatic hydroxyl groups excluding tert-OH is 2. The van der Waals surface area contributed by atoms with Crippen LogP contribution in [0.25, 0.3) is 10.9 Å². The third-order valence-corrected chi connectivity index (χ3v) is 18.2. The molecule has 462 valence electrons. The molecule has 0 radical (unpaired) electrons. The minimum absolute atomic E-state index is 0.00874. The first-order valence-corrected chi connectivity index (χ1v) is 29.5. The van der Waals surface area contributed by atoms with Crippen LogP contribution in [0.4, 0.5) is 10.1 Å². The molecule has 0 spiro atoms. The van der Waals surface area contributed by atoms with E-state index < -0.39 is 135 Å². The first-order chi connectivity index (χ1) is 40.7. The van der Waals surface area contributed by atoms with Crippen molar-refractivity contribution in [2.24, 2.45) is 29.6 Å². The summed E-state index contributed by atoms with van der Waals surface area (Å²) in [6.07, 6.45) is 8.54. The molecule has 22 heteroatoms. The summed E-state index contributed by atoms with van der Waals surface area (Å²) in [6, 6.07) is 0.732. The van der Waals surface area contributed by atoms with Gasteiger partial charge in [-0.2, -0.15) is 0 Å². The number of esters is 1. The van der Waals surface area contributed by atoms with E-state index in [2.05, 4.69) is 10.6 Å². The Morgan fingerprint density at radius 2 is 1.55 bits per heavy atom. The van der Waals surface area contributed by atoms with Crippen molar-refractivity contribution >= 4 is 57.5 Å². The standard InChI is InChI=1S/C64H78FN5O16/c1-30-15-14-16-31(2)62(80)67-48-51(68-23-20-38(21-24-68)63(81)66-39-22-25-69(28-39)50-43(65)27-41-49(60(50)83-11)70(40-18-19-40)29-42(36(7)71)55(41)76)57(78)45-46(56(48)77)54(75)35(6)59-47(45)61(79)64(9,86-59)84-26-13-12-17-44(82-10)32(3)58(85-37(8)72)34(5)53(74)33(4)52(30)73/h13-16,26-27,29-30,32-34,38-40,44,52-53,58,73-75H,12,17-25,28H2,1-11H3,(H,66,81)(H,67,80)/b15-14+,26-13+,31-16-/t30-,32?,33+,34+,39?,44-,52-,53+,58+,64-/m0/s1. The van der Waals surface area contributed by atoms with E-state index in [-0.39, 0.29) is 95.0 Å². The molecule has 3 fully saturated rings. The van der Waals surface area contributed by atoms with Crippen LogP contribution in [0.5, 0.6) is 17.2 Å². The number of nitrogens with one attached hydrogen (secondary N) is 2. The van der Waals surface area contributed by atoms with E-state index >= 15 is 14.0 Å². The molecule has 2 amide bonds. The van der Waals surface area contributed by atoms with Crippen molar-refractivity contribution in [3.63, 3.8) is 0 Å². The average Bonchev–Trinajstić information content (AvgIpc) is 1.39. The Morgan fingerprint density at radius 1 is 0.860 bits per heavy atom. The summed E-state index contributed by atoms with van der Waals surface area (Å²) in [6.45, 7) is 14.4. The number of benzene rings is 2. The Hall–Kier alpha value is -7.69. The summed E-state index contributed by atoms with van der Waals surface area (Å²) < 4.78 is 47.8. The van der Waals surface area contributed by atoms with Crippen molar-refractivity contribution in [2.45, 2.75) is 150 Å². The van der Waals surface area contributed by atoms with Crippen molar-refractivity contribution in [3.05, 3.63) is 104 Å². The number of allylic oxidation sites excluding steroid dienone is 5. The van der Waals surface area contributed by atoms with Crippen molar-refractivity contribution in [1.29, 1.82) is 0 Å². The highest BCUT2D eigenvalue weighted by atomic mass is 19.1. The summed E-state index contributed by atoms with van der Waals surface area (Å²) in [5.41, 5.74) is -2.07. The second kappa shape index (κ2) is 25.0. The van der Waals surface area contributed by atoms with Gasteiger partial charge in [-0.15, -0.1) is 0 Å². The van der Waals surface area contributed by atoms with E-state index in [9.17, 15) is 44.1 Å². The van der Waals surface area contributed by atoms with Gasteiger partial charge in [0, 0.05) is 106 Å². The Kier molecular flexibility index (Phi) is 18.2. The average molecular weight is 1190 g/mol. The molecule has 2 aromatic carbocycles. The maximum atomic E-state index is 16.3. The number of fused-ring (bicyclic) bond motifs is 17. The fourth-order valence-electron chi connectivity index (χ4n) is 13.0. The number of anilines is 1. The number of hydrogen-bond donors (Lipinski definition) is 5. The number of ether oxygens (including phenoxy) is 5. The molecule has 5 aliphatic heterocycles. The number of nitrogens with zero attached hydrogens (tertiary/aromatic N) is 3. The minimum atomic E-state index is -2.09. The zero-order valence-corrected chi connectivity index (χ0v) is 50.5. The van der Waals surface area contributed by atoms with Gasteiger partial charge in [0.1, 0.15) is 34.7 Å². The summed E-state index contributed by atoms with van der Waals surface area (Å²) in [5, 5.41) is 40.9. The number of phenolic OH excluding ortho intramolecular Hbond substituents is 1. The van der Waals surface area contributed by atoms with Gasteiger partial charge in [0.2, 0.25) is 17.5 Å². The quantitative estimate of drug-likeness (QED) is 0.108. The smallest absolute Gasteiger partial charge is 0.312 e. The molecule has 3 aromatic rings. The van der Waals surface area contributed by atoms with Crippen LogP contribution >= 0.6 is 0 Å². The number of amides is 2. The number of methoxy groups -OCH3 is 2. The van der Waals surface area contributed by atoms with Crippen molar-refractivity contribution < 1.29 is 77.0 Å². The largest absolute Gasteiger partial charge is 0.507 e. The number of phenols is 1. The monoisotopic (exact) mass is 1190 g/mol. The van der Waals surface area contributed by atoms with E-state index in [1.807, 2.05) is 11.5 Å². The first kappa shape index (κ1) is 62.8. The van der Waals surface area contributed by atoms with E-state index in [0.717, 1.165) is 18.9 Å². The van der Waals surface area contributed by atoms with Crippen LogP contribution in [0.1, 0.15) is 153 Å². The predicted octanol–water partition coefficient (Wildman–Crippen LogP) is 6.85. The molecule has 1 saturated carbocycles. The number of ketones is 4. The lowest BCUT2D eigenvalue weighted by Gasteiger charge is -2.38. The summed E-state index contributed by atoms with van der Waals surface area (Å²) >= 11 is 0. The van der Waals surface area contributed by atoms with Gasteiger partial charge in [0.05, 0.1) is 64.8 Å². The van der Waals surface area contributed by atoms with Crippen LogP contribution in [0, 0.1) is 42.3 Å². The fraction of sp³-hybridized carbons (Fsp3) is 0.531. The fourth-order valence-corrected chi connectivity index (χ4v) is 13.0. The highest BCUT2D eigenvalue weighted by Crippen LogP contribution is 2.50. The summed E-state index contributed by atoms with van der Waals surface area (Å²) in [5.74, 6) is -11.3. The minimum Gasteiger partial charge on any atom is -0.507 e. The molecule has 2 unspecified atom stereocenters. The number of rotatable bonds is 9. The number of carbonyl (C=O) groups excluding carboxylic acids is 7. The molecular formula is C64H78FN5O16. The normalized spacial score (nSPS) is 29.3. The Labute approximate surface area is 498 Å². The highest BCUT2D eigenvalue weighted by molar-refractivity contribution is 6.32. The predicted molar refractivity (Wildman–Crippen MR) is 313 cm³/mol. The van der Waals surface area contributed by atoms with E-state index in [1.165, 1.54) is 73.4 Å². The lowest BCUT2D eigenvalue weighted by atomic mass is 9.78. The maximum Gasteiger partial charge on any atom is 0.312 e. The van der Waals surface area contributed by atoms with Crippen molar-refractivity contribution in [2.75, 3.05) is 45.3 Å². The molecule has 7 aliphatic rings. The number of Topliss-reactive ketones (excluding diaryl/α,β-unsaturated/α-hetero) is 4. The number of piperidine rings is 1. The van der Waals surface area contributed by atoms with Gasteiger partial charge in [-0.1, -0.05) is 45.9 Å². The zero-order chi connectivity index (χ0) is 62.5. The molecule has 5 bridgehead atoms. The second-order valence-electron chi connectivity index (χ2n) is 24.1. The van der Waals surface area contributed by atoms with Crippen LogP contribution < -0.4 is 30.4 Å². The van der Waals surface area contributed by atoms with Crippen LogP contribution in [-0.4, -0.2) is 142 Å². The molecule has 21 nitrogen and oxygen atoms in total. The number of aliphatic hydroxyl groups is 2. The number of aromatic nitrogens is 1. The van der Waals surface area contributed by atoms with Gasteiger partial charge in [0.15, 0.2) is 22.8 Å². The van der Waals surface area contributed by atoms with Gasteiger partial charge in [-0.3, -0.25) is 38.4 Å². The van der Waals surface area contributed by atoms with Crippen molar-refractivity contribution in [3.8, 4) is 17.2 Å². The lowest BCUT2D eigenvalue weighted by Crippen LogP contribution is -2.47. The number of carbonyl (C=O) groups is 7. The molecule has 86 heavy (non-hydrogen) atoms. The molecule has 6 heterocycles. The van der Waals surface area contributed by atoms with E-state index in [0.29, 0.717) is 31.3 Å². The van der Waals surface area contributed by atoms with Crippen LogP contribution in [0.2, 0.25) is 0 Å². The van der Waals surface area contributed by atoms with E-state index in [4.69, 9.17) is 23.7 Å². The Balaban J connectivity index is 0.991. The lowest BCUT2D eigenvalue weighted by molar-refractivity contribution is -0.162. The molecule has 10 rings (SSSR count). The van der Waals surface area contributed by atoms with Gasteiger partial charge in [0.25, 0.3) is 11.7 Å². The number of halogens is 1. The Morgan fingerprint density at radius 3 is 2.19 bits per heavy atom.